The van der Waals surface area contributed by atoms with Crippen molar-refractivity contribution in [2.45, 2.75) is 6.04 Å². The highest BCUT2D eigenvalue weighted by atomic mass is 16.5. The Labute approximate surface area is 216 Å². The Hall–Kier alpha value is -4.43. The fourth-order valence-corrected chi connectivity index (χ4v) is 5.03. The second kappa shape index (κ2) is 9.91. The Morgan fingerprint density at radius 1 is 0.811 bits per heavy atom. The van der Waals surface area contributed by atoms with Gasteiger partial charge in [-0.25, -0.2) is 4.98 Å². The summed E-state index contributed by atoms with van der Waals surface area (Å²) in [6, 6.07) is 29.4. The van der Waals surface area contributed by atoms with Gasteiger partial charge in [0.25, 0.3) is 5.78 Å². The van der Waals surface area contributed by atoms with E-state index in [0.717, 1.165) is 43.1 Å². The molecule has 0 saturated carbocycles. The lowest BCUT2D eigenvalue weighted by molar-refractivity contribution is 0.211. The SMILES string of the molecule is COc1ccc(-c2cnc3nc(N4CCN(C(c5ccccc5)c5ccccc5)CC4)nn3c2N)cc1. The average molecular weight is 492 g/mol. The van der Waals surface area contributed by atoms with Gasteiger partial charge in [-0.05, 0) is 28.8 Å². The van der Waals surface area contributed by atoms with E-state index in [0.29, 0.717) is 17.5 Å². The molecule has 0 aliphatic carbocycles. The zero-order chi connectivity index (χ0) is 25.2. The molecule has 0 atom stereocenters. The van der Waals surface area contributed by atoms with E-state index in [1.54, 1.807) is 17.8 Å². The summed E-state index contributed by atoms with van der Waals surface area (Å²) in [7, 11) is 1.65. The van der Waals surface area contributed by atoms with Crippen LogP contribution in [0.5, 0.6) is 5.75 Å². The third-order valence-electron chi connectivity index (χ3n) is 6.99. The van der Waals surface area contributed by atoms with Gasteiger partial charge in [0.1, 0.15) is 11.6 Å². The van der Waals surface area contributed by atoms with Crippen LogP contribution in [-0.2, 0) is 0 Å². The van der Waals surface area contributed by atoms with Crippen LogP contribution in [0.25, 0.3) is 16.9 Å². The summed E-state index contributed by atoms with van der Waals surface area (Å²) in [5.41, 5.74) is 10.9. The van der Waals surface area contributed by atoms with Gasteiger partial charge < -0.3 is 15.4 Å². The van der Waals surface area contributed by atoms with E-state index in [-0.39, 0.29) is 6.04 Å². The average Bonchev–Trinajstić information content (AvgIpc) is 3.41. The van der Waals surface area contributed by atoms with Gasteiger partial charge in [0.05, 0.1) is 13.2 Å². The van der Waals surface area contributed by atoms with Crippen LogP contribution < -0.4 is 15.4 Å². The number of methoxy groups -OCH3 is 1. The lowest BCUT2D eigenvalue weighted by atomic mass is 9.96. The molecule has 1 aliphatic heterocycles. The highest BCUT2D eigenvalue weighted by Gasteiger charge is 2.28. The Morgan fingerprint density at radius 2 is 1.43 bits per heavy atom. The zero-order valence-electron chi connectivity index (χ0n) is 20.7. The first kappa shape index (κ1) is 23.0. The molecule has 186 valence electrons. The quantitative estimate of drug-likeness (QED) is 0.379. The maximum atomic E-state index is 6.52. The molecule has 1 saturated heterocycles. The Balaban J connectivity index is 1.23. The molecule has 8 heteroatoms. The normalized spacial score (nSPS) is 14.4. The molecular formula is C29H29N7O. The molecule has 0 unspecified atom stereocenters. The molecule has 6 rings (SSSR count). The van der Waals surface area contributed by atoms with Gasteiger partial charge in [-0.1, -0.05) is 72.8 Å². The number of nitrogens with zero attached hydrogens (tertiary/aromatic N) is 6. The third kappa shape index (κ3) is 4.47. The first-order valence-corrected chi connectivity index (χ1v) is 12.5. The summed E-state index contributed by atoms with van der Waals surface area (Å²) in [6.45, 7) is 3.42. The molecule has 1 aliphatic rings. The summed E-state index contributed by atoms with van der Waals surface area (Å²) < 4.78 is 6.90. The predicted octanol–water partition coefficient (Wildman–Crippen LogP) is 4.29. The van der Waals surface area contributed by atoms with Crippen LogP contribution in [0.15, 0.2) is 91.1 Å². The number of hydrogen-bond acceptors (Lipinski definition) is 7. The van der Waals surface area contributed by atoms with Crippen LogP contribution in [0.1, 0.15) is 17.2 Å². The van der Waals surface area contributed by atoms with Gasteiger partial charge in [-0.15, -0.1) is 5.10 Å². The van der Waals surface area contributed by atoms with Crippen LogP contribution in [0.4, 0.5) is 11.8 Å². The predicted molar refractivity (Wildman–Crippen MR) is 146 cm³/mol. The van der Waals surface area contributed by atoms with Crippen molar-refractivity contribution in [1.82, 2.24) is 24.5 Å². The molecule has 3 heterocycles. The lowest BCUT2D eigenvalue weighted by Crippen LogP contribution is -2.48. The Bertz CT molecular complexity index is 1440. The third-order valence-corrected chi connectivity index (χ3v) is 6.99. The van der Waals surface area contributed by atoms with Crippen LogP contribution >= 0.6 is 0 Å². The highest BCUT2D eigenvalue weighted by Crippen LogP contribution is 2.31. The minimum Gasteiger partial charge on any atom is -0.497 e. The van der Waals surface area contributed by atoms with Crippen molar-refractivity contribution in [1.29, 1.82) is 0 Å². The number of fused-ring (bicyclic) bond motifs is 1. The van der Waals surface area contributed by atoms with Gasteiger partial charge in [0.15, 0.2) is 0 Å². The topological polar surface area (TPSA) is 84.8 Å². The first-order chi connectivity index (χ1) is 18.2. The van der Waals surface area contributed by atoms with Crippen LogP contribution in [0.2, 0.25) is 0 Å². The zero-order valence-corrected chi connectivity index (χ0v) is 20.7. The number of benzene rings is 3. The number of nitrogen functional groups attached to an aromatic ring is 1. The molecule has 0 spiro atoms. The molecule has 0 bridgehead atoms. The minimum atomic E-state index is 0.211. The summed E-state index contributed by atoms with van der Waals surface area (Å²) in [6.07, 6.45) is 1.76. The van der Waals surface area contributed by atoms with Gasteiger partial charge in [-0.2, -0.15) is 9.50 Å². The smallest absolute Gasteiger partial charge is 0.255 e. The van der Waals surface area contributed by atoms with Crippen LogP contribution in [0.3, 0.4) is 0 Å². The van der Waals surface area contributed by atoms with Gasteiger partial charge in [0, 0.05) is 37.9 Å². The number of aromatic nitrogens is 4. The molecule has 8 nitrogen and oxygen atoms in total. The highest BCUT2D eigenvalue weighted by molar-refractivity contribution is 5.75. The molecule has 0 amide bonds. The number of ether oxygens (including phenoxy) is 1. The van der Waals surface area contributed by atoms with E-state index in [2.05, 4.69) is 75.4 Å². The molecule has 1 fully saturated rings. The largest absolute Gasteiger partial charge is 0.497 e. The lowest BCUT2D eigenvalue weighted by Gasteiger charge is -2.39. The van der Waals surface area contributed by atoms with E-state index in [4.69, 9.17) is 20.6 Å². The van der Waals surface area contributed by atoms with E-state index in [1.165, 1.54) is 11.1 Å². The van der Waals surface area contributed by atoms with Gasteiger partial charge in [-0.3, -0.25) is 4.90 Å². The number of nitrogens with two attached hydrogens (primary N) is 1. The number of rotatable bonds is 6. The van der Waals surface area contributed by atoms with Gasteiger partial charge in [0.2, 0.25) is 5.95 Å². The number of anilines is 2. The molecule has 2 N–H and O–H groups in total. The van der Waals surface area contributed by atoms with Crippen molar-refractivity contribution >= 4 is 17.5 Å². The molecule has 0 radical (unpaired) electrons. The fourth-order valence-electron chi connectivity index (χ4n) is 5.03. The molecule has 2 aromatic heterocycles. The second-order valence-corrected chi connectivity index (χ2v) is 9.16. The molecule has 5 aromatic rings. The van der Waals surface area contributed by atoms with Gasteiger partial charge >= 0.3 is 0 Å². The Morgan fingerprint density at radius 3 is 2.03 bits per heavy atom. The molecule has 37 heavy (non-hydrogen) atoms. The summed E-state index contributed by atoms with van der Waals surface area (Å²) in [5.74, 6) is 2.46. The van der Waals surface area contributed by atoms with Crippen molar-refractivity contribution in [2.24, 2.45) is 0 Å². The monoisotopic (exact) mass is 491 g/mol. The van der Waals surface area contributed by atoms with Crippen molar-refractivity contribution in [3.8, 4) is 16.9 Å². The standard InChI is InChI=1S/C29H29N7O/c1-37-24-14-12-21(13-15-24)25-20-31-28-32-29(33-36(28)27(25)30)35-18-16-34(17-19-35)26(22-8-4-2-5-9-22)23-10-6-3-7-11-23/h2-15,20,26H,16-19,30H2,1H3. The molecular weight excluding hydrogens is 462 g/mol. The maximum absolute atomic E-state index is 6.52. The van der Waals surface area contributed by atoms with E-state index >= 15 is 0 Å². The fraction of sp³-hybridized carbons (Fsp3) is 0.207. The second-order valence-electron chi connectivity index (χ2n) is 9.16. The summed E-state index contributed by atoms with van der Waals surface area (Å²) in [5, 5.41) is 4.74. The number of hydrogen-bond donors (Lipinski definition) is 1. The van der Waals surface area contributed by atoms with Crippen molar-refractivity contribution in [3.63, 3.8) is 0 Å². The Kier molecular flexibility index (Phi) is 6.16. The van der Waals surface area contributed by atoms with E-state index < -0.39 is 0 Å². The number of piperazine rings is 1. The van der Waals surface area contributed by atoms with Crippen LogP contribution in [-0.4, -0.2) is 57.8 Å². The first-order valence-electron chi connectivity index (χ1n) is 12.5. The molecule has 3 aromatic carbocycles. The maximum Gasteiger partial charge on any atom is 0.255 e. The van der Waals surface area contributed by atoms with Crippen LogP contribution in [0, 0.1) is 0 Å². The minimum absolute atomic E-state index is 0.211. The van der Waals surface area contributed by atoms with Crippen molar-refractivity contribution in [2.75, 3.05) is 43.9 Å². The summed E-state index contributed by atoms with van der Waals surface area (Å²) in [4.78, 5) is 14.0. The van der Waals surface area contributed by atoms with Crippen molar-refractivity contribution in [3.05, 3.63) is 102 Å². The van der Waals surface area contributed by atoms with Crippen molar-refractivity contribution < 1.29 is 4.74 Å². The summed E-state index contributed by atoms with van der Waals surface area (Å²) >= 11 is 0. The van der Waals surface area contributed by atoms with E-state index in [9.17, 15) is 0 Å². The van der Waals surface area contributed by atoms with E-state index in [1.807, 2.05) is 24.3 Å².